The van der Waals surface area contributed by atoms with Crippen molar-refractivity contribution in [2.75, 3.05) is 33.4 Å². The first kappa shape index (κ1) is 24.8. The summed E-state index contributed by atoms with van der Waals surface area (Å²) in [4.78, 5) is 12.6. The Bertz CT molecular complexity index is 731. The molecule has 0 aromatic carbocycles. The van der Waals surface area contributed by atoms with E-state index in [1.165, 1.54) is 4.88 Å². The van der Waals surface area contributed by atoms with Crippen LogP contribution in [0.5, 0.6) is 0 Å². The van der Waals surface area contributed by atoms with Crippen molar-refractivity contribution in [3.05, 3.63) is 27.7 Å². The SMILES string of the molecule is CCOCCCNC(=NCc1nnc(C)n1C)N(C)CCc1ncc(C)s1.I. The van der Waals surface area contributed by atoms with E-state index in [1.807, 2.05) is 31.7 Å². The summed E-state index contributed by atoms with van der Waals surface area (Å²) in [5, 5.41) is 12.9. The number of aryl methyl sites for hydroxylation is 2. The molecular weight excluding hydrogens is 489 g/mol. The van der Waals surface area contributed by atoms with Crippen molar-refractivity contribution in [2.24, 2.45) is 12.0 Å². The van der Waals surface area contributed by atoms with Gasteiger partial charge in [-0.25, -0.2) is 9.98 Å². The highest BCUT2D eigenvalue weighted by atomic mass is 127. The average molecular weight is 521 g/mol. The number of likely N-dealkylation sites (N-methyl/N-ethyl adjacent to an activating group) is 1. The number of halogens is 1. The van der Waals surface area contributed by atoms with Crippen LogP contribution in [0.15, 0.2) is 11.2 Å². The van der Waals surface area contributed by atoms with Crippen molar-refractivity contribution in [1.82, 2.24) is 30.0 Å². The van der Waals surface area contributed by atoms with Crippen LogP contribution in [0.4, 0.5) is 0 Å². The third-order valence-corrected chi connectivity index (χ3v) is 5.17. The third-order valence-electron chi connectivity index (χ3n) is 4.20. The molecule has 2 aromatic rings. The molecule has 28 heavy (non-hydrogen) atoms. The summed E-state index contributed by atoms with van der Waals surface area (Å²) < 4.78 is 7.38. The lowest BCUT2D eigenvalue weighted by Crippen LogP contribution is -2.40. The average Bonchev–Trinajstić information content (AvgIpc) is 3.21. The fourth-order valence-corrected chi connectivity index (χ4v) is 3.23. The highest BCUT2D eigenvalue weighted by molar-refractivity contribution is 14.0. The van der Waals surface area contributed by atoms with E-state index in [-0.39, 0.29) is 24.0 Å². The summed E-state index contributed by atoms with van der Waals surface area (Å²) in [6, 6.07) is 0. The molecule has 0 spiro atoms. The monoisotopic (exact) mass is 521 g/mol. The van der Waals surface area contributed by atoms with E-state index in [1.54, 1.807) is 11.3 Å². The Morgan fingerprint density at radius 3 is 2.75 bits per heavy atom. The molecule has 0 aliphatic heterocycles. The maximum atomic E-state index is 5.41. The fourth-order valence-electron chi connectivity index (χ4n) is 2.45. The van der Waals surface area contributed by atoms with Gasteiger partial charge in [-0.05, 0) is 27.2 Å². The number of guanidine groups is 1. The van der Waals surface area contributed by atoms with E-state index < -0.39 is 0 Å². The van der Waals surface area contributed by atoms with Crippen LogP contribution < -0.4 is 5.32 Å². The second kappa shape index (κ2) is 13.0. The van der Waals surface area contributed by atoms with Crippen LogP contribution in [-0.2, 0) is 24.8 Å². The predicted molar refractivity (Wildman–Crippen MR) is 125 cm³/mol. The molecule has 0 saturated carbocycles. The number of thiazole rings is 1. The number of nitrogens with one attached hydrogen (secondary N) is 1. The lowest BCUT2D eigenvalue weighted by atomic mass is 10.4. The molecule has 8 nitrogen and oxygen atoms in total. The van der Waals surface area contributed by atoms with Gasteiger partial charge < -0.3 is 19.5 Å². The molecule has 2 heterocycles. The number of rotatable bonds is 10. The van der Waals surface area contributed by atoms with E-state index in [4.69, 9.17) is 9.73 Å². The number of hydrogen-bond donors (Lipinski definition) is 1. The van der Waals surface area contributed by atoms with E-state index in [0.29, 0.717) is 6.54 Å². The number of ether oxygens (including phenoxy) is 1. The van der Waals surface area contributed by atoms with Gasteiger partial charge in [-0.1, -0.05) is 0 Å². The Morgan fingerprint density at radius 1 is 1.36 bits per heavy atom. The van der Waals surface area contributed by atoms with Crippen molar-refractivity contribution in [2.45, 2.75) is 40.2 Å². The zero-order valence-electron chi connectivity index (χ0n) is 17.4. The summed E-state index contributed by atoms with van der Waals surface area (Å²) in [6.07, 6.45) is 3.77. The topological polar surface area (TPSA) is 80.5 Å². The van der Waals surface area contributed by atoms with Gasteiger partial charge in [0, 0.05) is 57.9 Å². The number of nitrogens with zero attached hydrogens (tertiary/aromatic N) is 6. The molecule has 158 valence electrons. The Labute approximate surface area is 188 Å². The van der Waals surface area contributed by atoms with Crippen LogP contribution in [-0.4, -0.2) is 64.0 Å². The third kappa shape index (κ3) is 8.00. The van der Waals surface area contributed by atoms with Gasteiger partial charge in [0.25, 0.3) is 0 Å². The molecule has 0 unspecified atom stereocenters. The van der Waals surface area contributed by atoms with Crippen LogP contribution in [0.2, 0.25) is 0 Å². The molecular formula is C18H32IN7OS. The van der Waals surface area contributed by atoms with Crippen molar-refractivity contribution in [3.8, 4) is 0 Å². The Morgan fingerprint density at radius 2 is 2.14 bits per heavy atom. The molecule has 0 atom stereocenters. The van der Waals surface area contributed by atoms with Gasteiger partial charge >= 0.3 is 0 Å². The molecule has 0 bridgehead atoms. The molecule has 10 heteroatoms. The van der Waals surface area contributed by atoms with Crippen molar-refractivity contribution < 1.29 is 4.74 Å². The molecule has 0 aliphatic carbocycles. The first-order valence-electron chi connectivity index (χ1n) is 9.34. The highest BCUT2D eigenvalue weighted by Gasteiger charge is 2.10. The highest BCUT2D eigenvalue weighted by Crippen LogP contribution is 2.12. The first-order chi connectivity index (χ1) is 13.0. The van der Waals surface area contributed by atoms with Crippen LogP contribution in [0.25, 0.3) is 0 Å². The molecule has 2 aromatic heterocycles. The van der Waals surface area contributed by atoms with Crippen LogP contribution in [0.1, 0.15) is 34.9 Å². The van der Waals surface area contributed by atoms with Crippen LogP contribution in [0, 0.1) is 13.8 Å². The zero-order chi connectivity index (χ0) is 19.6. The quantitative estimate of drug-likeness (QED) is 0.224. The minimum atomic E-state index is 0. The van der Waals surface area contributed by atoms with Gasteiger partial charge in [0.1, 0.15) is 12.4 Å². The van der Waals surface area contributed by atoms with Crippen LogP contribution in [0.3, 0.4) is 0 Å². The Balaban J connectivity index is 0.00000392. The molecule has 0 amide bonds. The van der Waals surface area contributed by atoms with Gasteiger partial charge in [-0.3, -0.25) is 0 Å². The standard InChI is InChI=1S/C18H31N7OS.HI/c1-6-26-11-7-9-19-18(21-13-16-23-22-15(3)25(16)5)24(4)10-8-17-20-12-14(2)27-17;/h12H,6-11,13H2,1-5H3,(H,19,21);1H. The summed E-state index contributed by atoms with van der Waals surface area (Å²) >= 11 is 1.75. The molecule has 0 fully saturated rings. The number of hydrogen-bond acceptors (Lipinski definition) is 6. The van der Waals surface area contributed by atoms with Crippen molar-refractivity contribution in [1.29, 1.82) is 0 Å². The van der Waals surface area contributed by atoms with Gasteiger partial charge in [0.2, 0.25) is 0 Å². The molecule has 0 radical (unpaired) electrons. The van der Waals surface area contributed by atoms with Gasteiger partial charge in [-0.15, -0.1) is 45.5 Å². The van der Waals surface area contributed by atoms with E-state index >= 15 is 0 Å². The zero-order valence-corrected chi connectivity index (χ0v) is 20.6. The minimum Gasteiger partial charge on any atom is -0.382 e. The Kier molecular flexibility index (Phi) is 11.5. The van der Waals surface area contributed by atoms with Crippen molar-refractivity contribution in [3.63, 3.8) is 0 Å². The maximum absolute atomic E-state index is 5.41. The predicted octanol–water partition coefficient (Wildman–Crippen LogP) is 2.55. The molecule has 0 saturated heterocycles. The van der Waals surface area contributed by atoms with Gasteiger partial charge in [0.05, 0.1) is 5.01 Å². The molecule has 0 aliphatic rings. The van der Waals surface area contributed by atoms with Gasteiger partial charge in [-0.2, -0.15) is 0 Å². The fraction of sp³-hybridized carbons (Fsp3) is 0.667. The second-order valence-corrected chi connectivity index (χ2v) is 7.70. The van der Waals surface area contributed by atoms with Crippen molar-refractivity contribution >= 4 is 41.3 Å². The lowest BCUT2D eigenvalue weighted by Gasteiger charge is -2.22. The van der Waals surface area contributed by atoms with Gasteiger partial charge in [0.15, 0.2) is 11.8 Å². The minimum absolute atomic E-state index is 0. The smallest absolute Gasteiger partial charge is 0.194 e. The summed E-state index contributed by atoms with van der Waals surface area (Å²) in [6.45, 7) is 9.69. The number of aliphatic imine (C=N–C) groups is 1. The number of aromatic nitrogens is 4. The largest absolute Gasteiger partial charge is 0.382 e. The normalized spacial score (nSPS) is 11.4. The Hall–Kier alpha value is -1.27. The molecule has 2 rings (SSSR count). The molecule has 1 N–H and O–H groups in total. The first-order valence-corrected chi connectivity index (χ1v) is 10.2. The van der Waals surface area contributed by atoms with E-state index in [2.05, 4.69) is 39.4 Å². The summed E-state index contributed by atoms with van der Waals surface area (Å²) in [5.74, 6) is 2.60. The summed E-state index contributed by atoms with van der Waals surface area (Å²) in [5.41, 5.74) is 0. The van der Waals surface area contributed by atoms with Crippen LogP contribution >= 0.6 is 35.3 Å². The summed E-state index contributed by atoms with van der Waals surface area (Å²) in [7, 11) is 4.01. The van der Waals surface area contributed by atoms with E-state index in [9.17, 15) is 0 Å². The van der Waals surface area contributed by atoms with E-state index in [0.717, 1.165) is 61.8 Å². The second-order valence-electron chi connectivity index (χ2n) is 6.38. The lowest BCUT2D eigenvalue weighted by molar-refractivity contribution is 0.145. The maximum Gasteiger partial charge on any atom is 0.194 e.